The van der Waals surface area contributed by atoms with Crippen molar-refractivity contribution in [3.63, 3.8) is 0 Å². The second kappa shape index (κ2) is 10.8. The molecule has 0 aromatic rings. The molecule has 2 atom stereocenters. The molecular weight excluding hydrogens is 300 g/mol. The van der Waals surface area contributed by atoms with Crippen LogP contribution in [0.2, 0.25) is 0 Å². The molecule has 0 aliphatic carbocycles. The lowest BCUT2D eigenvalue weighted by atomic mass is 10.1. The van der Waals surface area contributed by atoms with Crippen LogP contribution >= 0.6 is 25.3 Å². The van der Waals surface area contributed by atoms with E-state index >= 15 is 0 Å². The van der Waals surface area contributed by atoms with Crippen molar-refractivity contribution >= 4 is 43.0 Å². The quantitative estimate of drug-likeness (QED) is 0.283. The third kappa shape index (κ3) is 9.96. The van der Waals surface area contributed by atoms with E-state index in [1.54, 1.807) is 0 Å². The summed E-state index contributed by atoms with van der Waals surface area (Å²) in [5.74, 6) is -1.63. The highest BCUT2D eigenvalue weighted by molar-refractivity contribution is 7.81. The minimum Gasteiger partial charge on any atom is -0.480 e. The van der Waals surface area contributed by atoms with Crippen molar-refractivity contribution in [3.05, 3.63) is 0 Å². The maximum Gasteiger partial charge on any atom is 0.326 e. The van der Waals surface area contributed by atoms with E-state index in [1.165, 1.54) is 0 Å². The SMILES string of the molecule is NC(=O)C[C@H](NC(=O)CCCCC(S)CCS)C(=O)O. The van der Waals surface area contributed by atoms with Crippen molar-refractivity contribution in [2.45, 2.75) is 49.8 Å². The molecule has 1 unspecified atom stereocenters. The van der Waals surface area contributed by atoms with Crippen LogP contribution in [0, 0.1) is 0 Å². The third-order valence-corrected chi connectivity index (χ3v) is 3.47. The summed E-state index contributed by atoms with van der Waals surface area (Å²) in [6.45, 7) is 0. The van der Waals surface area contributed by atoms with Crippen molar-refractivity contribution in [1.29, 1.82) is 0 Å². The number of rotatable bonds is 11. The molecule has 0 saturated heterocycles. The van der Waals surface area contributed by atoms with E-state index in [0.29, 0.717) is 6.42 Å². The number of amides is 2. The van der Waals surface area contributed by atoms with Crippen LogP contribution in [0.15, 0.2) is 0 Å². The van der Waals surface area contributed by atoms with Gasteiger partial charge in [-0.05, 0) is 25.0 Å². The number of carboxylic acids is 1. The number of primary amides is 1. The lowest BCUT2D eigenvalue weighted by Crippen LogP contribution is -2.43. The maximum atomic E-state index is 11.6. The molecule has 4 N–H and O–H groups in total. The molecule has 116 valence electrons. The molecule has 0 saturated carbocycles. The van der Waals surface area contributed by atoms with Gasteiger partial charge >= 0.3 is 5.97 Å². The molecule has 0 spiro atoms. The molecule has 0 radical (unpaired) electrons. The van der Waals surface area contributed by atoms with E-state index in [0.717, 1.165) is 25.0 Å². The minimum atomic E-state index is -1.26. The molecule has 0 fully saturated rings. The molecule has 0 aromatic carbocycles. The van der Waals surface area contributed by atoms with E-state index in [4.69, 9.17) is 10.8 Å². The van der Waals surface area contributed by atoms with Crippen LogP contribution in [0.5, 0.6) is 0 Å². The van der Waals surface area contributed by atoms with Crippen molar-refractivity contribution in [1.82, 2.24) is 5.32 Å². The zero-order valence-electron chi connectivity index (χ0n) is 11.2. The Morgan fingerprint density at radius 2 is 1.85 bits per heavy atom. The normalized spacial score (nSPS) is 13.5. The average molecular weight is 322 g/mol. The lowest BCUT2D eigenvalue weighted by Gasteiger charge is -2.13. The molecule has 0 aliphatic heterocycles. The second-order valence-corrected chi connectivity index (χ2v) is 5.72. The van der Waals surface area contributed by atoms with Gasteiger partial charge in [0.05, 0.1) is 6.42 Å². The molecule has 8 heteroatoms. The number of unbranched alkanes of at least 4 members (excludes halogenated alkanes) is 1. The van der Waals surface area contributed by atoms with Crippen molar-refractivity contribution in [3.8, 4) is 0 Å². The first kappa shape index (κ1) is 19.1. The minimum absolute atomic E-state index is 0.226. The van der Waals surface area contributed by atoms with Crippen LogP contribution in [0.4, 0.5) is 0 Å². The number of nitrogens with one attached hydrogen (secondary N) is 1. The molecule has 0 rings (SSSR count). The van der Waals surface area contributed by atoms with E-state index in [9.17, 15) is 14.4 Å². The summed E-state index contributed by atoms with van der Waals surface area (Å²) in [5, 5.41) is 11.4. The smallest absolute Gasteiger partial charge is 0.326 e. The Balaban J connectivity index is 3.91. The standard InChI is InChI=1S/C12H22N2O4S2/c13-10(15)7-9(12(17)18)14-11(16)4-2-1-3-8(20)5-6-19/h8-9,19-20H,1-7H2,(H2,13,15)(H,14,16)(H,17,18)/t8?,9-/m0/s1. The first-order valence-electron chi connectivity index (χ1n) is 6.46. The fourth-order valence-electron chi connectivity index (χ4n) is 1.63. The molecular formula is C12H22N2O4S2. The number of carbonyl (C=O) groups is 3. The maximum absolute atomic E-state index is 11.6. The molecule has 6 nitrogen and oxygen atoms in total. The number of aliphatic carboxylic acids is 1. The van der Waals surface area contributed by atoms with Gasteiger partial charge < -0.3 is 16.2 Å². The lowest BCUT2D eigenvalue weighted by molar-refractivity contribution is -0.143. The van der Waals surface area contributed by atoms with Gasteiger partial charge in [-0.3, -0.25) is 9.59 Å². The molecule has 0 aliphatic rings. The third-order valence-electron chi connectivity index (χ3n) is 2.69. The van der Waals surface area contributed by atoms with Crippen molar-refractivity contribution < 1.29 is 19.5 Å². The molecule has 2 amide bonds. The van der Waals surface area contributed by atoms with Crippen molar-refractivity contribution in [2.75, 3.05) is 5.75 Å². The van der Waals surface area contributed by atoms with Crippen LogP contribution < -0.4 is 11.1 Å². The Morgan fingerprint density at radius 1 is 1.20 bits per heavy atom. The zero-order valence-corrected chi connectivity index (χ0v) is 13.0. The number of hydrogen-bond acceptors (Lipinski definition) is 5. The van der Waals surface area contributed by atoms with Crippen LogP contribution in [-0.2, 0) is 14.4 Å². The molecule has 0 heterocycles. The monoisotopic (exact) mass is 322 g/mol. The molecule has 0 aromatic heterocycles. The van der Waals surface area contributed by atoms with Crippen LogP contribution in [0.25, 0.3) is 0 Å². The number of nitrogens with two attached hydrogens (primary N) is 1. The van der Waals surface area contributed by atoms with Gasteiger partial charge in [0.15, 0.2) is 0 Å². The van der Waals surface area contributed by atoms with E-state index < -0.39 is 24.3 Å². The first-order chi connectivity index (χ1) is 9.36. The molecule has 20 heavy (non-hydrogen) atoms. The zero-order chi connectivity index (χ0) is 15.5. The summed E-state index contributed by atoms with van der Waals surface area (Å²) in [6.07, 6.45) is 3.12. The summed E-state index contributed by atoms with van der Waals surface area (Å²) >= 11 is 8.49. The van der Waals surface area contributed by atoms with Gasteiger partial charge in [-0.25, -0.2) is 4.79 Å². The van der Waals surface area contributed by atoms with Gasteiger partial charge in [-0.15, -0.1) is 0 Å². The summed E-state index contributed by atoms with van der Waals surface area (Å²) in [5.41, 5.74) is 4.92. The Labute approximate surface area is 129 Å². The van der Waals surface area contributed by atoms with Crippen LogP contribution in [0.1, 0.15) is 38.5 Å². The molecule has 0 bridgehead atoms. The van der Waals surface area contributed by atoms with Gasteiger partial charge in [0.1, 0.15) is 6.04 Å². The largest absolute Gasteiger partial charge is 0.480 e. The fraction of sp³-hybridized carbons (Fsp3) is 0.750. The Kier molecular flexibility index (Phi) is 10.4. The Bertz CT molecular complexity index is 339. The summed E-state index contributed by atoms with van der Waals surface area (Å²) in [7, 11) is 0. The van der Waals surface area contributed by atoms with Crippen molar-refractivity contribution in [2.24, 2.45) is 5.73 Å². The highest BCUT2D eigenvalue weighted by atomic mass is 32.1. The van der Waals surface area contributed by atoms with Gasteiger partial charge in [-0.1, -0.05) is 6.42 Å². The van der Waals surface area contributed by atoms with Crippen LogP contribution in [-0.4, -0.2) is 39.9 Å². The van der Waals surface area contributed by atoms with Gasteiger partial charge in [0, 0.05) is 11.7 Å². The summed E-state index contributed by atoms with van der Waals surface area (Å²) < 4.78 is 0. The van der Waals surface area contributed by atoms with E-state index in [-0.39, 0.29) is 17.6 Å². The number of hydrogen-bond donors (Lipinski definition) is 5. The number of carboxylic acid groups (broad SMARTS) is 1. The average Bonchev–Trinajstić information content (AvgIpc) is 2.33. The summed E-state index contributed by atoms with van der Waals surface area (Å²) in [6, 6.07) is -1.25. The predicted octanol–water partition coefficient (Wildman–Crippen LogP) is 0.610. The number of thiol groups is 2. The fourth-order valence-corrected chi connectivity index (χ4v) is 2.45. The highest BCUT2D eigenvalue weighted by Crippen LogP contribution is 2.12. The Hall–Kier alpha value is -0.890. The number of carbonyl (C=O) groups excluding carboxylic acids is 2. The van der Waals surface area contributed by atoms with E-state index in [2.05, 4.69) is 30.6 Å². The topological polar surface area (TPSA) is 109 Å². The van der Waals surface area contributed by atoms with Gasteiger partial charge in [0.25, 0.3) is 0 Å². The first-order valence-corrected chi connectivity index (χ1v) is 7.61. The van der Waals surface area contributed by atoms with Gasteiger partial charge in [-0.2, -0.15) is 25.3 Å². The van der Waals surface area contributed by atoms with Gasteiger partial charge in [0.2, 0.25) is 11.8 Å². The predicted molar refractivity (Wildman–Crippen MR) is 83.1 cm³/mol. The highest BCUT2D eigenvalue weighted by Gasteiger charge is 2.21. The van der Waals surface area contributed by atoms with Crippen LogP contribution in [0.3, 0.4) is 0 Å². The second-order valence-electron chi connectivity index (χ2n) is 4.54. The Morgan fingerprint density at radius 3 is 2.35 bits per heavy atom. The van der Waals surface area contributed by atoms with E-state index in [1.807, 2.05) is 0 Å². The summed E-state index contributed by atoms with van der Waals surface area (Å²) in [4.78, 5) is 33.1.